The van der Waals surface area contributed by atoms with Crippen LogP contribution in [0.4, 0.5) is 0 Å². The van der Waals surface area contributed by atoms with Crippen molar-refractivity contribution in [1.29, 1.82) is 0 Å². The van der Waals surface area contributed by atoms with Crippen LogP contribution < -0.4 is 15.3 Å². The molecule has 0 bridgehead atoms. The maximum atomic E-state index is 9.44. The number of carboxylic acid groups (broad SMARTS) is 3. The molecule has 0 saturated carbocycles. The Labute approximate surface area is 129 Å². The molecule has 0 saturated heterocycles. The van der Waals surface area contributed by atoms with Crippen molar-refractivity contribution in [1.82, 2.24) is 0 Å². The van der Waals surface area contributed by atoms with E-state index in [9.17, 15) is 4.79 Å². The fraction of sp³-hybridized carbons (Fsp3) is 0.556. The molecule has 8 heteroatoms. The van der Waals surface area contributed by atoms with E-state index in [1.165, 1.54) is 13.8 Å². The van der Waals surface area contributed by atoms with E-state index >= 15 is 0 Å². The number of carboxylic acids is 3. The van der Waals surface area contributed by atoms with Gasteiger partial charge in [0, 0.05) is 17.9 Å². The summed E-state index contributed by atoms with van der Waals surface area (Å²) < 4.78 is 0. The number of ketones is 1. The molecule has 105 valence electrons. The molecule has 0 rings (SSSR count). The molecule has 0 N–H and O–H groups in total. The zero-order valence-corrected chi connectivity index (χ0v) is 12.0. The minimum atomic E-state index is -1.08. The Hall–Kier alpha value is -0.673. The summed E-state index contributed by atoms with van der Waals surface area (Å²) >= 11 is 0. The predicted octanol–water partition coefficient (Wildman–Crippen LogP) is -3.14. The Balaban J connectivity index is -0.0000000369. The van der Waals surface area contributed by atoms with Gasteiger partial charge in [-0.05, 0) is 34.6 Å². The van der Waals surface area contributed by atoms with Crippen LogP contribution in [0.3, 0.4) is 0 Å². The molecule has 0 aliphatic heterocycles. The minimum Gasteiger partial charge on any atom is -0.550 e. The van der Waals surface area contributed by atoms with Crippen molar-refractivity contribution >= 4 is 23.7 Å². The summed E-state index contributed by atoms with van der Waals surface area (Å²) in [6.45, 7) is 5.97. The van der Waals surface area contributed by atoms with Gasteiger partial charge in [0.15, 0.2) is 0 Å². The SMILES string of the molecule is CC(=O)[O-].CC(=O)[O-].CC(=O)[O-].CC(C)=O.[Er+3]. The fourth-order valence-electron chi connectivity index (χ4n) is 0. The molecule has 0 aliphatic rings. The molecule has 0 atom stereocenters. The zero-order valence-electron chi connectivity index (χ0n) is 10.1. The monoisotopic (exact) mass is 401 g/mol. The third kappa shape index (κ3) is 6010. The standard InChI is InChI=1S/C3H6O.3C2H4O2.Er/c1-3(2)4;3*1-2(3)4;/h1-2H3;3*1H3,(H,3,4);/q;;;;+3/p-3. The van der Waals surface area contributed by atoms with Gasteiger partial charge in [0.05, 0.1) is 0 Å². The quantitative estimate of drug-likeness (QED) is 0.417. The van der Waals surface area contributed by atoms with Gasteiger partial charge >= 0.3 is 37.3 Å². The smallest absolute Gasteiger partial charge is 0.550 e. The van der Waals surface area contributed by atoms with Crippen molar-refractivity contribution in [3.05, 3.63) is 0 Å². The van der Waals surface area contributed by atoms with Crippen molar-refractivity contribution in [2.75, 3.05) is 0 Å². The van der Waals surface area contributed by atoms with Crippen molar-refractivity contribution in [2.45, 2.75) is 34.6 Å². The van der Waals surface area contributed by atoms with Gasteiger partial charge in [-0.2, -0.15) is 0 Å². The number of rotatable bonds is 0. The molecular formula is C9H15ErO7. The Morgan fingerprint density at radius 2 is 0.588 bits per heavy atom. The second kappa shape index (κ2) is 24.5. The van der Waals surface area contributed by atoms with Gasteiger partial charge < -0.3 is 34.5 Å². The number of carbonyl (C=O) groups is 4. The number of hydrogen-bond donors (Lipinski definition) is 0. The van der Waals surface area contributed by atoms with Crippen LogP contribution >= 0.6 is 0 Å². The summed E-state index contributed by atoms with van der Waals surface area (Å²) in [6.07, 6.45) is 0. The Bertz CT molecular complexity index is 161. The van der Waals surface area contributed by atoms with Crippen molar-refractivity contribution in [2.24, 2.45) is 0 Å². The molecule has 0 aromatic heterocycles. The van der Waals surface area contributed by atoms with E-state index < -0.39 is 17.9 Å². The maximum absolute atomic E-state index is 9.44. The van der Waals surface area contributed by atoms with Crippen molar-refractivity contribution in [3.63, 3.8) is 0 Å². The average molecular weight is 402 g/mol. The summed E-state index contributed by atoms with van der Waals surface area (Å²) in [6, 6.07) is 0. The first-order valence-electron chi connectivity index (χ1n) is 3.93. The van der Waals surface area contributed by atoms with E-state index in [-0.39, 0.29) is 43.1 Å². The molecular weight excluding hydrogens is 387 g/mol. The molecule has 0 aromatic carbocycles. The van der Waals surface area contributed by atoms with E-state index in [2.05, 4.69) is 0 Å². The molecule has 1 radical (unpaired) electrons. The minimum absolute atomic E-state index is 0. The Kier molecular flexibility index (Phi) is 43.1. The van der Waals surface area contributed by atoms with Gasteiger partial charge in [-0.25, -0.2) is 0 Å². The van der Waals surface area contributed by atoms with Crippen LogP contribution in [-0.4, -0.2) is 23.7 Å². The third-order valence-corrected chi connectivity index (χ3v) is 0. The van der Waals surface area contributed by atoms with Gasteiger partial charge in [-0.15, -0.1) is 0 Å². The zero-order chi connectivity index (χ0) is 14.3. The molecule has 17 heavy (non-hydrogen) atoms. The average Bonchev–Trinajstić information content (AvgIpc) is 1.76. The summed E-state index contributed by atoms with van der Waals surface area (Å²) in [5.41, 5.74) is 0. The molecule has 0 heterocycles. The van der Waals surface area contributed by atoms with E-state index in [0.717, 1.165) is 20.8 Å². The second-order valence-corrected chi connectivity index (χ2v) is 2.38. The summed E-state index contributed by atoms with van der Waals surface area (Å²) in [4.78, 5) is 36.1. The molecule has 7 nitrogen and oxygen atoms in total. The Morgan fingerprint density at radius 1 is 0.588 bits per heavy atom. The van der Waals surface area contributed by atoms with E-state index in [0.29, 0.717) is 0 Å². The first kappa shape index (κ1) is 29.9. The summed E-state index contributed by atoms with van der Waals surface area (Å²) in [7, 11) is 0. The number of aliphatic carboxylic acids is 3. The molecule has 0 fully saturated rings. The molecule has 0 spiro atoms. The van der Waals surface area contributed by atoms with E-state index in [4.69, 9.17) is 29.7 Å². The largest absolute Gasteiger partial charge is 3.00 e. The molecule has 0 amide bonds. The first-order valence-corrected chi connectivity index (χ1v) is 3.93. The van der Waals surface area contributed by atoms with Gasteiger partial charge in [0.25, 0.3) is 0 Å². The van der Waals surface area contributed by atoms with Gasteiger partial charge in [0.1, 0.15) is 5.78 Å². The Morgan fingerprint density at radius 3 is 0.588 bits per heavy atom. The van der Waals surface area contributed by atoms with Crippen LogP contribution in [0.2, 0.25) is 0 Å². The van der Waals surface area contributed by atoms with Crippen LogP contribution in [0.1, 0.15) is 34.6 Å². The van der Waals surface area contributed by atoms with Crippen LogP contribution in [0, 0.1) is 37.3 Å². The number of Topliss-reactive ketones (excluding diaryl/α,β-unsaturated/α-hetero) is 1. The normalized spacial score (nSPS) is 5.94. The third-order valence-electron chi connectivity index (χ3n) is 0. The summed E-state index contributed by atoms with van der Waals surface area (Å²) in [5, 5.41) is 26.7. The van der Waals surface area contributed by atoms with Crippen LogP contribution in [-0.2, 0) is 19.2 Å². The van der Waals surface area contributed by atoms with Gasteiger partial charge in [0.2, 0.25) is 0 Å². The number of carbonyl (C=O) groups excluding carboxylic acids is 4. The van der Waals surface area contributed by atoms with E-state index in [1.807, 2.05) is 0 Å². The van der Waals surface area contributed by atoms with E-state index in [1.54, 1.807) is 0 Å². The first-order chi connectivity index (χ1) is 6.93. The summed E-state index contributed by atoms with van der Waals surface area (Å²) in [5.74, 6) is -3.08. The van der Waals surface area contributed by atoms with Crippen LogP contribution in [0.25, 0.3) is 0 Å². The van der Waals surface area contributed by atoms with Crippen LogP contribution in [0.5, 0.6) is 0 Å². The van der Waals surface area contributed by atoms with Crippen molar-refractivity contribution in [3.8, 4) is 0 Å². The predicted molar refractivity (Wildman–Crippen MR) is 48.4 cm³/mol. The topological polar surface area (TPSA) is 137 Å². The van der Waals surface area contributed by atoms with Crippen molar-refractivity contribution < 1.29 is 71.8 Å². The fourth-order valence-corrected chi connectivity index (χ4v) is 0. The maximum Gasteiger partial charge on any atom is 3.00 e. The van der Waals surface area contributed by atoms with Crippen LogP contribution in [0.15, 0.2) is 0 Å². The van der Waals surface area contributed by atoms with Gasteiger partial charge in [-0.3, -0.25) is 0 Å². The molecule has 0 unspecified atom stereocenters. The number of hydrogen-bond acceptors (Lipinski definition) is 7. The molecule has 0 aromatic rings. The second-order valence-electron chi connectivity index (χ2n) is 2.38. The molecule has 0 aliphatic carbocycles. The van der Waals surface area contributed by atoms with Gasteiger partial charge in [-0.1, -0.05) is 0 Å².